The molecular formula is C15H21N3S. The fraction of sp³-hybridized carbons (Fsp3) is 0.400. The van der Waals surface area contributed by atoms with E-state index in [1.54, 1.807) is 11.3 Å². The number of hydrogen-bond acceptors (Lipinski definition) is 4. The van der Waals surface area contributed by atoms with Gasteiger partial charge in [0.25, 0.3) is 0 Å². The highest BCUT2D eigenvalue weighted by Gasteiger charge is 2.05. The molecule has 1 aromatic carbocycles. The molecule has 0 amide bonds. The highest BCUT2D eigenvalue weighted by atomic mass is 32.1. The number of thiazole rings is 1. The quantitative estimate of drug-likeness (QED) is 0.905. The van der Waals surface area contributed by atoms with E-state index in [4.69, 9.17) is 0 Å². The Morgan fingerprint density at radius 1 is 1.21 bits per heavy atom. The molecule has 4 heteroatoms. The maximum atomic E-state index is 4.50. The van der Waals surface area contributed by atoms with E-state index in [0.717, 1.165) is 23.8 Å². The molecule has 0 aliphatic heterocycles. The molecule has 1 heterocycles. The van der Waals surface area contributed by atoms with Crippen LogP contribution in [0.4, 0.5) is 10.8 Å². The predicted molar refractivity (Wildman–Crippen MR) is 84.6 cm³/mol. The summed E-state index contributed by atoms with van der Waals surface area (Å²) in [6.07, 6.45) is 1.01. The highest BCUT2D eigenvalue weighted by molar-refractivity contribution is 7.15. The summed E-state index contributed by atoms with van der Waals surface area (Å²) in [5, 5.41) is 4.44. The van der Waals surface area contributed by atoms with E-state index >= 15 is 0 Å². The van der Waals surface area contributed by atoms with Crippen LogP contribution < -0.4 is 10.2 Å². The van der Waals surface area contributed by atoms with Crippen LogP contribution in [0, 0.1) is 13.8 Å². The summed E-state index contributed by atoms with van der Waals surface area (Å²) in [5.74, 6) is 0. The number of aryl methyl sites for hydroxylation is 2. The van der Waals surface area contributed by atoms with E-state index < -0.39 is 0 Å². The van der Waals surface area contributed by atoms with Crippen LogP contribution in [0.25, 0.3) is 0 Å². The first kappa shape index (κ1) is 13.9. The molecule has 0 aliphatic rings. The predicted octanol–water partition coefficient (Wildman–Crippen LogP) is 3.48. The van der Waals surface area contributed by atoms with Gasteiger partial charge in [-0.15, -0.1) is 11.3 Å². The minimum atomic E-state index is 0.914. The van der Waals surface area contributed by atoms with Gasteiger partial charge in [0, 0.05) is 31.2 Å². The van der Waals surface area contributed by atoms with Gasteiger partial charge in [0.2, 0.25) is 0 Å². The molecule has 3 nitrogen and oxygen atoms in total. The van der Waals surface area contributed by atoms with Crippen molar-refractivity contribution >= 4 is 22.2 Å². The first-order chi connectivity index (χ1) is 9.08. The van der Waals surface area contributed by atoms with Crippen LogP contribution in [-0.4, -0.2) is 25.6 Å². The summed E-state index contributed by atoms with van der Waals surface area (Å²) in [7, 11) is 4.17. The number of rotatable bonds is 5. The van der Waals surface area contributed by atoms with Gasteiger partial charge in [-0.3, -0.25) is 0 Å². The number of para-hydroxylation sites is 1. The first-order valence-electron chi connectivity index (χ1n) is 6.51. The van der Waals surface area contributed by atoms with Gasteiger partial charge in [-0.1, -0.05) is 18.2 Å². The third kappa shape index (κ3) is 3.47. The number of hydrogen-bond donors (Lipinski definition) is 1. The Hall–Kier alpha value is -1.55. The molecule has 19 heavy (non-hydrogen) atoms. The zero-order chi connectivity index (χ0) is 13.8. The molecule has 2 aromatic rings. The maximum absolute atomic E-state index is 4.50. The third-order valence-corrected chi connectivity index (χ3v) is 4.20. The van der Waals surface area contributed by atoms with Gasteiger partial charge in [-0.25, -0.2) is 4.98 Å². The topological polar surface area (TPSA) is 28.2 Å². The Labute approximate surface area is 119 Å². The van der Waals surface area contributed by atoms with Crippen LogP contribution in [0.5, 0.6) is 0 Å². The van der Waals surface area contributed by atoms with Crippen LogP contribution in [0.2, 0.25) is 0 Å². The van der Waals surface area contributed by atoms with Crippen molar-refractivity contribution in [2.24, 2.45) is 0 Å². The zero-order valence-corrected chi connectivity index (χ0v) is 12.8. The van der Waals surface area contributed by atoms with Crippen molar-refractivity contribution in [3.8, 4) is 0 Å². The van der Waals surface area contributed by atoms with Gasteiger partial charge in [0.15, 0.2) is 5.13 Å². The van der Waals surface area contributed by atoms with Crippen molar-refractivity contribution < 1.29 is 0 Å². The van der Waals surface area contributed by atoms with Crippen LogP contribution in [0.1, 0.15) is 16.1 Å². The number of nitrogens with one attached hydrogen (secondary N) is 1. The Bertz CT molecular complexity index is 527. The summed E-state index contributed by atoms with van der Waals surface area (Å²) in [4.78, 5) is 7.94. The van der Waals surface area contributed by atoms with E-state index in [0.29, 0.717) is 0 Å². The molecule has 0 saturated heterocycles. The second kappa shape index (κ2) is 6.06. The van der Waals surface area contributed by atoms with Crippen molar-refractivity contribution in [2.45, 2.75) is 20.3 Å². The Morgan fingerprint density at radius 3 is 2.58 bits per heavy atom. The summed E-state index contributed by atoms with van der Waals surface area (Å²) in [6.45, 7) is 5.08. The van der Waals surface area contributed by atoms with Crippen LogP contribution in [0.3, 0.4) is 0 Å². The second-order valence-corrected chi connectivity index (χ2v) is 6.06. The molecular weight excluding hydrogens is 254 g/mol. The number of benzene rings is 1. The van der Waals surface area contributed by atoms with Crippen molar-refractivity contribution in [1.29, 1.82) is 0 Å². The van der Waals surface area contributed by atoms with Gasteiger partial charge in [-0.05, 0) is 31.9 Å². The SMILES string of the molecule is Cc1nc(NCCc2ccccc2N(C)C)sc1C. The van der Waals surface area contributed by atoms with Gasteiger partial charge in [-0.2, -0.15) is 0 Å². The molecule has 0 bridgehead atoms. The standard InChI is InChI=1S/C15H21N3S/c1-11-12(2)19-15(17-11)16-10-9-13-7-5-6-8-14(13)18(3)4/h5-8H,9-10H2,1-4H3,(H,16,17). The lowest BCUT2D eigenvalue weighted by atomic mass is 10.1. The van der Waals surface area contributed by atoms with Crippen molar-refractivity contribution in [3.05, 3.63) is 40.4 Å². The molecule has 2 rings (SSSR count). The summed E-state index contributed by atoms with van der Waals surface area (Å²) >= 11 is 1.73. The Balaban J connectivity index is 1.96. The minimum Gasteiger partial charge on any atom is -0.377 e. The number of anilines is 2. The summed E-state index contributed by atoms with van der Waals surface area (Å²) < 4.78 is 0. The van der Waals surface area contributed by atoms with E-state index in [1.165, 1.54) is 16.1 Å². The van der Waals surface area contributed by atoms with Gasteiger partial charge in [0.05, 0.1) is 5.69 Å². The molecule has 1 aromatic heterocycles. The summed E-state index contributed by atoms with van der Waals surface area (Å²) in [6, 6.07) is 8.53. The first-order valence-corrected chi connectivity index (χ1v) is 7.32. The molecule has 0 aliphatic carbocycles. The average Bonchev–Trinajstić information content (AvgIpc) is 2.69. The van der Waals surface area contributed by atoms with Crippen LogP contribution in [0.15, 0.2) is 24.3 Å². The molecule has 0 spiro atoms. The van der Waals surface area contributed by atoms with Crippen molar-refractivity contribution in [2.75, 3.05) is 30.9 Å². The molecule has 0 fully saturated rings. The molecule has 102 valence electrons. The maximum Gasteiger partial charge on any atom is 0.183 e. The lowest BCUT2D eigenvalue weighted by molar-refractivity contribution is 0.990. The molecule has 0 atom stereocenters. The lowest BCUT2D eigenvalue weighted by Gasteiger charge is -2.17. The van der Waals surface area contributed by atoms with Crippen molar-refractivity contribution in [3.63, 3.8) is 0 Å². The third-order valence-electron chi connectivity index (χ3n) is 3.17. The summed E-state index contributed by atoms with van der Waals surface area (Å²) in [5.41, 5.74) is 3.78. The Kier molecular flexibility index (Phi) is 4.43. The molecule has 0 unspecified atom stereocenters. The molecule has 0 saturated carbocycles. The monoisotopic (exact) mass is 275 g/mol. The molecule has 1 N–H and O–H groups in total. The van der Waals surface area contributed by atoms with E-state index in [1.807, 2.05) is 0 Å². The largest absolute Gasteiger partial charge is 0.377 e. The lowest BCUT2D eigenvalue weighted by Crippen LogP contribution is -2.13. The van der Waals surface area contributed by atoms with E-state index in [-0.39, 0.29) is 0 Å². The van der Waals surface area contributed by atoms with E-state index in [2.05, 4.69) is 67.4 Å². The van der Waals surface area contributed by atoms with Gasteiger partial charge >= 0.3 is 0 Å². The van der Waals surface area contributed by atoms with E-state index in [9.17, 15) is 0 Å². The highest BCUT2D eigenvalue weighted by Crippen LogP contribution is 2.22. The van der Waals surface area contributed by atoms with Gasteiger partial charge < -0.3 is 10.2 Å². The number of aromatic nitrogens is 1. The molecule has 0 radical (unpaired) electrons. The smallest absolute Gasteiger partial charge is 0.183 e. The number of nitrogens with zero attached hydrogens (tertiary/aromatic N) is 2. The van der Waals surface area contributed by atoms with Crippen LogP contribution >= 0.6 is 11.3 Å². The average molecular weight is 275 g/mol. The normalized spacial score (nSPS) is 10.5. The van der Waals surface area contributed by atoms with Gasteiger partial charge in [0.1, 0.15) is 0 Å². The Morgan fingerprint density at radius 2 is 1.95 bits per heavy atom. The minimum absolute atomic E-state index is 0.914. The fourth-order valence-electron chi connectivity index (χ4n) is 2.01. The fourth-order valence-corrected chi connectivity index (χ4v) is 2.85. The van der Waals surface area contributed by atoms with Crippen LogP contribution in [-0.2, 0) is 6.42 Å². The second-order valence-electron chi connectivity index (χ2n) is 4.86. The van der Waals surface area contributed by atoms with Crippen molar-refractivity contribution in [1.82, 2.24) is 4.98 Å². The zero-order valence-electron chi connectivity index (χ0n) is 12.0.